The van der Waals surface area contributed by atoms with E-state index in [0.717, 1.165) is 18.1 Å². The molecule has 2 aliphatic rings. The van der Waals surface area contributed by atoms with Crippen LogP contribution in [-0.2, 0) is 23.9 Å². The number of nitrogens with one attached hydrogen (secondary N) is 1. The molecule has 27 heavy (non-hydrogen) atoms. The lowest BCUT2D eigenvalue weighted by Crippen LogP contribution is -2.41. The number of carbonyl (C=O) groups is 1. The molecule has 0 spiro atoms. The van der Waals surface area contributed by atoms with Gasteiger partial charge in [-0.1, -0.05) is 42.5 Å². The Balaban J connectivity index is 1.54. The predicted molar refractivity (Wildman–Crippen MR) is 96.1 cm³/mol. The molecule has 2 aromatic rings. The van der Waals surface area contributed by atoms with E-state index in [9.17, 15) is 18.0 Å². The van der Waals surface area contributed by atoms with E-state index in [-0.39, 0.29) is 17.7 Å². The Hall–Kier alpha value is -2.34. The molecule has 1 saturated heterocycles. The Kier molecular flexibility index (Phi) is 4.68. The highest BCUT2D eigenvalue weighted by Crippen LogP contribution is 2.35. The quantitative estimate of drug-likeness (QED) is 0.871. The number of halogens is 3. The molecule has 0 radical (unpaired) electrons. The van der Waals surface area contributed by atoms with Crippen LogP contribution >= 0.6 is 0 Å². The zero-order valence-electron chi connectivity index (χ0n) is 14.8. The van der Waals surface area contributed by atoms with E-state index in [4.69, 9.17) is 0 Å². The van der Waals surface area contributed by atoms with Crippen molar-refractivity contribution in [3.05, 3.63) is 70.8 Å². The summed E-state index contributed by atoms with van der Waals surface area (Å²) >= 11 is 0. The van der Waals surface area contributed by atoms with Gasteiger partial charge >= 0.3 is 6.18 Å². The van der Waals surface area contributed by atoms with Crippen LogP contribution in [0.15, 0.2) is 48.5 Å². The summed E-state index contributed by atoms with van der Waals surface area (Å²) < 4.78 is 39.2. The fourth-order valence-corrected chi connectivity index (χ4v) is 4.15. The maximum absolute atomic E-state index is 13.1. The van der Waals surface area contributed by atoms with Gasteiger partial charge in [0, 0.05) is 32.1 Å². The fourth-order valence-electron chi connectivity index (χ4n) is 4.15. The van der Waals surface area contributed by atoms with Crippen molar-refractivity contribution in [2.24, 2.45) is 5.92 Å². The van der Waals surface area contributed by atoms with Crippen LogP contribution in [0.1, 0.15) is 28.2 Å². The van der Waals surface area contributed by atoms with E-state index in [1.165, 1.54) is 17.7 Å². The molecule has 2 aromatic carbocycles. The van der Waals surface area contributed by atoms with E-state index < -0.39 is 11.7 Å². The maximum Gasteiger partial charge on any atom is 0.416 e. The summed E-state index contributed by atoms with van der Waals surface area (Å²) in [6.45, 7) is 2.24. The van der Waals surface area contributed by atoms with Crippen molar-refractivity contribution < 1.29 is 18.0 Å². The number of fused-ring (bicyclic) bond motifs is 1. The first-order valence-corrected chi connectivity index (χ1v) is 9.17. The SMILES string of the molecule is O=C(C1CNCC1c1cccc(C(F)(F)F)c1)N1CCc2ccccc2C1. The Morgan fingerprint density at radius 2 is 1.81 bits per heavy atom. The van der Waals surface area contributed by atoms with Gasteiger partial charge in [-0.15, -0.1) is 0 Å². The van der Waals surface area contributed by atoms with Gasteiger partial charge in [0.2, 0.25) is 5.91 Å². The average Bonchev–Trinajstić information content (AvgIpc) is 3.16. The van der Waals surface area contributed by atoms with Gasteiger partial charge in [0.15, 0.2) is 0 Å². The number of nitrogens with zero attached hydrogens (tertiary/aromatic N) is 1. The Bertz CT molecular complexity index is 849. The van der Waals surface area contributed by atoms with Crippen LogP contribution in [-0.4, -0.2) is 30.4 Å². The van der Waals surface area contributed by atoms with Gasteiger partial charge in [-0.2, -0.15) is 13.2 Å². The number of benzene rings is 2. The van der Waals surface area contributed by atoms with Crippen molar-refractivity contribution >= 4 is 5.91 Å². The minimum atomic E-state index is -4.38. The summed E-state index contributed by atoms with van der Waals surface area (Å²) in [5, 5.41) is 3.19. The van der Waals surface area contributed by atoms with Gasteiger partial charge < -0.3 is 10.2 Å². The van der Waals surface area contributed by atoms with Gasteiger partial charge in [0.25, 0.3) is 0 Å². The summed E-state index contributed by atoms with van der Waals surface area (Å²) in [6, 6.07) is 13.5. The van der Waals surface area contributed by atoms with E-state index in [1.54, 1.807) is 6.07 Å². The van der Waals surface area contributed by atoms with Crippen molar-refractivity contribution in [2.75, 3.05) is 19.6 Å². The number of rotatable bonds is 2. The molecule has 0 aliphatic carbocycles. The molecule has 2 heterocycles. The Labute approximate surface area is 156 Å². The number of hydrogen-bond donors (Lipinski definition) is 1. The molecule has 0 bridgehead atoms. The van der Waals surface area contributed by atoms with Crippen molar-refractivity contribution in [3.63, 3.8) is 0 Å². The minimum Gasteiger partial charge on any atom is -0.338 e. The van der Waals surface area contributed by atoms with Gasteiger partial charge in [0.1, 0.15) is 0 Å². The average molecular weight is 374 g/mol. The highest BCUT2D eigenvalue weighted by Gasteiger charge is 2.38. The second-order valence-corrected chi connectivity index (χ2v) is 7.27. The van der Waals surface area contributed by atoms with E-state index in [1.807, 2.05) is 23.1 Å². The van der Waals surface area contributed by atoms with Crippen LogP contribution in [0.4, 0.5) is 13.2 Å². The second kappa shape index (κ2) is 7.00. The molecule has 0 aromatic heterocycles. The summed E-state index contributed by atoms with van der Waals surface area (Å²) in [5.41, 5.74) is 2.33. The maximum atomic E-state index is 13.1. The molecule has 6 heteroatoms. The molecule has 2 atom stereocenters. The van der Waals surface area contributed by atoms with Gasteiger partial charge in [0.05, 0.1) is 11.5 Å². The minimum absolute atomic E-state index is 0.0249. The third-order valence-corrected chi connectivity index (χ3v) is 5.62. The molecular formula is C21H21F3N2O. The summed E-state index contributed by atoms with van der Waals surface area (Å²) in [5.74, 6) is -0.548. The zero-order valence-corrected chi connectivity index (χ0v) is 14.8. The van der Waals surface area contributed by atoms with E-state index in [0.29, 0.717) is 31.7 Å². The lowest BCUT2D eigenvalue weighted by atomic mass is 9.86. The Morgan fingerprint density at radius 3 is 2.59 bits per heavy atom. The van der Waals surface area contributed by atoms with Crippen LogP contribution in [0.2, 0.25) is 0 Å². The number of amides is 1. The number of hydrogen-bond acceptors (Lipinski definition) is 2. The first-order valence-electron chi connectivity index (χ1n) is 9.17. The van der Waals surface area contributed by atoms with Crippen molar-refractivity contribution in [1.29, 1.82) is 0 Å². The molecule has 0 saturated carbocycles. The third kappa shape index (κ3) is 3.58. The predicted octanol–water partition coefficient (Wildman–Crippen LogP) is 3.59. The van der Waals surface area contributed by atoms with Crippen LogP contribution in [0.25, 0.3) is 0 Å². The monoisotopic (exact) mass is 374 g/mol. The van der Waals surface area contributed by atoms with Gasteiger partial charge in [-0.3, -0.25) is 4.79 Å². The van der Waals surface area contributed by atoms with Crippen LogP contribution in [0.5, 0.6) is 0 Å². The largest absolute Gasteiger partial charge is 0.416 e. The molecule has 3 nitrogen and oxygen atoms in total. The Morgan fingerprint density at radius 1 is 1.04 bits per heavy atom. The number of carbonyl (C=O) groups excluding carboxylic acids is 1. The second-order valence-electron chi connectivity index (χ2n) is 7.27. The van der Waals surface area contributed by atoms with Gasteiger partial charge in [-0.25, -0.2) is 0 Å². The molecule has 142 valence electrons. The van der Waals surface area contributed by atoms with Crippen LogP contribution in [0, 0.1) is 5.92 Å². The first kappa shape index (κ1) is 18.0. The van der Waals surface area contributed by atoms with Gasteiger partial charge in [-0.05, 0) is 29.2 Å². The van der Waals surface area contributed by atoms with Crippen molar-refractivity contribution in [3.8, 4) is 0 Å². The summed E-state index contributed by atoms with van der Waals surface area (Å²) in [4.78, 5) is 15.0. The summed E-state index contributed by atoms with van der Waals surface area (Å²) in [6.07, 6.45) is -3.56. The van der Waals surface area contributed by atoms with Crippen molar-refractivity contribution in [2.45, 2.75) is 25.1 Å². The topological polar surface area (TPSA) is 32.3 Å². The molecule has 1 fully saturated rings. The highest BCUT2D eigenvalue weighted by molar-refractivity contribution is 5.81. The van der Waals surface area contributed by atoms with Crippen LogP contribution < -0.4 is 5.32 Å². The lowest BCUT2D eigenvalue weighted by molar-refractivity contribution is -0.137. The summed E-state index contributed by atoms with van der Waals surface area (Å²) in [7, 11) is 0. The third-order valence-electron chi connectivity index (χ3n) is 5.62. The first-order chi connectivity index (χ1) is 12.9. The highest BCUT2D eigenvalue weighted by atomic mass is 19.4. The lowest BCUT2D eigenvalue weighted by Gasteiger charge is -2.32. The van der Waals surface area contributed by atoms with E-state index >= 15 is 0 Å². The molecular weight excluding hydrogens is 353 g/mol. The number of alkyl halides is 3. The van der Waals surface area contributed by atoms with E-state index in [2.05, 4.69) is 11.4 Å². The molecule has 2 unspecified atom stereocenters. The smallest absolute Gasteiger partial charge is 0.338 e. The van der Waals surface area contributed by atoms with Crippen molar-refractivity contribution in [1.82, 2.24) is 10.2 Å². The standard InChI is InChI=1S/C21H21F3N2O/c22-21(23,24)17-7-3-6-15(10-17)18-11-25-12-19(18)20(27)26-9-8-14-4-1-2-5-16(14)13-26/h1-7,10,18-19,25H,8-9,11-13H2. The molecule has 4 rings (SSSR count). The molecule has 1 amide bonds. The molecule has 1 N–H and O–H groups in total. The van der Waals surface area contributed by atoms with Crippen LogP contribution in [0.3, 0.4) is 0 Å². The normalized spacial score (nSPS) is 22.6. The fraction of sp³-hybridized carbons (Fsp3) is 0.381. The molecule has 2 aliphatic heterocycles. The zero-order chi connectivity index (χ0) is 19.0.